The molecule has 0 aliphatic heterocycles. The van der Waals surface area contributed by atoms with E-state index in [-0.39, 0.29) is 6.04 Å². The predicted molar refractivity (Wildman–Crippen MR) is 87.9 cm³/mol. The van der Waals surface area contributed by atoms with Crippen LogP contribution in [0.1, 0.15) is 37.4 Å². The minimum absolute atomic E-state index is 0.283. The highest BCUT2D eigenvalue weighted by Gasteiger charge is 2.21. The molecule has 1 aliphatic rings. The number of benzene rings is 1. The van der Waals surface area contributed by atoms with Gasteiger partial charge in [-0.1, -0.05) is 36.3 Å². The number of nitrogens with zero attached hydrogens (tertiary/aromatic N) is 3. The molecule has 1 N–H and O–H groups in total. The van der Waals surface area contributed by atoms with Crippen molar-refractivity contribution in [3.8, 4) is 5.69 Å². The van der Waals surface area contributed by atoms with Gasteiger partial charge >= 0.3 is 0 Å². The summed E-state index contributed by atoms with van der Waals surface area (Å²) in [5.74, 6) is 1.07. The van der Waals surface area contributed by atoms with Crippen molar-refractivity contribution in [3.05, 3.63) is 42.2 Å². The molecular weight excluding hydrogens is 280 g/mol. The summed E-state index contributed by atoms with van der Waals surface area (Å²) in [5, 5.41) is 12.6. The van der Waals surface area contributed by atoms with Gasteiger partial charge in [0.1, 0.15) is 0 Å². The highest BCUT2D eigenvalue weighted by Crippen LogP contribution is 2.32. The molecule has 5 heteroatoms. The van der Waals surface area contributed by atoms with E-state index in [1.807, 2.05) is 36.1 Å². The van der Waals surface area contributed by atoms with Crippen molar-refractivity contribution in [2.75, 3.05) is 12.8 Å². The SMILES string of the molecule is CNC(CSC1CCCC1)c1cnnn1-c1ccccc1. The Hall–Kier alpha value is -1.33. The van der Waals surface area contributed by atoms with E-state index >= 15 is 0 Å². The van der Waals surface area contributed by atoms with E-state index in [2.05, 4.69) is 39.5 Å². The highest BCUT2D eigenvalue weighted by molar-refractivity contribution is 7.99. The van der Waals surface area contributed by atoms with E-state index in [0.29, 0.717) is 0 Å². The topological polar surface area (TPSA) is 42.7 Å². The van der Waals surface area contributed by atoms with Crippen LogP contribution in [0.3, 0.4) is 0 Å². The first-order valence-corrected chi connectivity index (χ1v) is 8.68. The maximum absolute atomic E-state index is 4.25. The monoisotopic (exact) mass is 302 g/mol. The van der Waals surface area contributed by atoms with Gasteiger partial charge in [-0.2, -0.15) is 11.8 Å². The van der Waals surface area contributed by atoms with Gasteiger partial charge in [0.25, 0.3) is 0 Å². The number of thioether (sulfide) groups is 1. The molecule has 1 saturated carbocycles. The number of para-hydroxylation sites is 1. The van der Waals surface area contributed by atoms with Gasteiger partial charge in [-0.05, 0) is 32.0 Å². The Bertz CT molecular complexity index is 548. The number of hydrogen-bond acceptors (Lipinski definition) is 4. The fourth-order valence-corrected chi connectivity index (χ4v) is 4.32. The number of nitrogens with one attached hydrogen (secondary N) is 1. The van der Waals surface area contributed by atoms with Crippen molar-refractivity contribution in [1.82, 2.24) is 20.3 Å². The molecule has 1 aromatic carbocycles. The average molecular weight is 302 g/mol. The van der Waals surface area contributed by atoms with Gasteiger partial charge in [-0.3, -0.25) is 0 Å². The number of hydrogen-bond donors (Lipinski definition) is 1. The molecule has 2 aromatic rings. The maximum Gasteiger partial charge on any atom is 0.0823 e. The minimum Gasteiger partial charge on any atom is -0.311 e. The molecule has 1 aromatic heterocycles. The molecule has 1 fully saturated rings. The third-order valence-electron chi connectivity index (χ3n) is 4.08. The summed E-state index contributed by atoms with van der Waals surface area (Å²) in [6.07, 6.45) is 7.41. The van der Waals surface area contributed by atoms with Crippen molar-refractivity contribution in [2.45, 2.75) is 37.0 Å². The molecule has 0 radical (unpaired) electrons. The van der Waals surface area contributed by atoms with Crippen LogP contribution in [0.5, 0.6) is 0 Å². The lowest BCUT2D eigenvalue weighted by molar-refractivity contribution is 0.609. The van der Waals surface area contributed by atoms with Crippen LogP contribution in [0, 0.1) is 0 Å². The molecular formula is C16H22N4S. The zero-order valence-electron chi connectivity index (χ0n) is 12.4. The van der Waals surface area contributed by atoms with Gasteiger partial charge in [0.15, 0.2) is 0 Å². The standard InChI is InChI=1S/C16H22N4S/c1-17-15(12-21-14-9-5-6-10-14)16-11-18-19-20(16)13-7-3-2-4-8-13/h2-4,7-8,11,14-15,17H,5-6,9-10,12H2,1H3. The van der Waals surface area contributed by atoms with Gasteiger partial charge in [0.2, 0.25) is 0 Å². The molecule has 1 aliphatic carbocycles. The quantitative estimate of drug-likeness (QED) is 0.890. The summed E-state index contributed by atoms with van der Waals surface area (Å²) in [7, 11) is 2.02. The van der Waals surface area contributed by atoms with Crippen LogP contribution in [0.2, 0.25) is 0 Å². The van der Waals surface area contributed by atoms with Crippen LogP contribution in [0.15, 0.2) is 36.5 Å². The lowest BCUT2D eigenvalue weighted by Crippen LogP contribution is -2.23. The summed E-state index contributed by atoms with van der Waals surface area (Å²) >= 11 is 2.09. The molecule has 1 unspecified atom stereocenters. The second kappa shape index (κ2) is 7.09. The third kappa shape index (κ3) is 3.47. The summed E-state index contributed by atoms with van der Waals surface area (Å²) in [5.41, 5.74) is 2.20. The van der Waals surface area contributed by atoms with Crippen LogP contribution in [-0.2, 0) is 0 Å². The first kappa shape index (κ1) is 14.6. The van der Waals surface area contributed by atoms with Crippen LogP contribution >= 0.6 is 11.8 Å². The van der Waals surface area contributed by atoms with Crippen LogP contribution in [0.4, 0.5) is 0 Å². The molecule has 4 nitrogen and oxygen atoms in total. The Morgan fingerprint density at radius 1 is 1.29 bits per heavy atom. The largest absolute Gasteiger partial charge is 0.311 e. The molecule has 1 heterocycles. The van der Waals surface area contributed by atoms with E-state index in [9.17, 15) is 0 Å². The Kier molecular flexibility index (Phi) is 4.93. The number of aromatic nitrogens is 3. The van der Waals surface area contributed by atoms with Crippen molar-refractivity contribution < 1.29 is 0 Å². The smallest absolute Gasteiger partial charge is 0.0823 e. The van der Waals surface area contributed by atoms with Crippen LogP contribution in [0.25, 0.3) is 5.69 Å². The van der Waals surface area contributed by atoms with Crippen molar-refractivity contribution in [3.63, 3.8) is 0 Å². The van der Waals surface area contributed by atoms with E-state index < -0.39 is 0 Å². The zero-order valence-corrected chi connectivity index (χ0v) is 13.2. The van der Waals surface area contributed by atoms with Gasteiger partial charge in [-0.15, -0.1) is 5.10 Å². The van der Waals surface area contributed by atoms with E-state index in [1.54, 1.807) is 0 Å². The zero-order chi connectivity index (χ0) is 14.5. The first-order chi connectivity index (χ1) is 10.4. The first-order valence-electron chi connectivity index (χ1n) is 7.63. The lowest BCUT2D eigenvalue weighted by atomic mass is 10.2. The Balaban J connectivity index is 1.73. The lowest BCUT2D eigenvalue weighted by Gasteiger charge is -2.19. The Morgan fingerprint density at radius 3 is 2.76 bits per heavy atom. The Morgan fingerprint density at radius 2 is 2.05 bits per heavy atom. The molecule has 0 amide bonds. The second-order valence-electron chi connectivity index (χ2n) is 5.49. The fraction of sp³-hybridized carbons (Fsp3) is 0.500. The molecule has 0 bridgehead atoms. The Labute approximate surface area is 130 Å². The maximum atomic E-state index is 4.25. The molecule has 3 rings (SSSR count). The molecule has 0 spiro atoms. The summed E-state index contributed by atoms with van der Waals surface area (Å²) in [6, 6.07) is 10.5. The number of rotatable bonds is 6. The van der Waals surface area contributed by atoms with E-state index in [1.165, 1.54) is 25.7 Å². The minimum atomic E-state index is 0.283. The van der Waals surface area contributed by atoms with Crippen LogP contribution < -0.4 is 5.32 Å². The fourth-order valence-electron chi connectivity index (χ4n) is 2.85. The van der Waals surface area contributed by atoms with E-state index in [0.717, 1.165) is 22.4 Å². The molecule has 0 saturated heterocycles. The average Bonchev–Trinajstić information content (AvgIpc) is 3.20. The van der Waals surface area contributed by atoms with E-state index in [4.69, 9.17) is 0 Å². The van der Waals surface area contributed by atoms with Crippen molar-refractivity contribution in [1.29, 1.82) is 0 Å². The van der Waals surface area contributed by atoms with Gasteiger partial charge in [-0.25, -0.2) is 4.68 Å². The summed E-state index contributed by atoms with van der Waals surface area (Å²) in [6.45, 7) is 0. The summed E-state index contributed by atoms with van der Waals surface area (Å²) < 4.78 is 1.94. The third-order valence-corrected chi connectivity index (χ3v) is 5.55. The van der Waals surface area contributed by atoms with Gasteiger partial charge in [0, 0.05) is 11.0 Å². The second-order valence-corrected chi connectivity index (χ2v) is 6.82. The predicted octanol–water partition coefficient (Wildman–Crippen LogP) is 3.20. The normalized spacial score (nSPS) is 17.2. The molecule has 1 atom stereocenters. The van der Waals surface area contributed by atoms with Crippen LogP contribution in [-0.4, -0.2) is 33.0 Å². The van der Waals surface area contributed by atoms with Gasteiger partial charge < -0.3 is 5.32 Å². The molecule has 21 heavy (non-hydrogen) atoms. The molecule has 112 valence electrons. The highest BCUT2D eigenvalue weighted by atomic mass is 32.2. The van der Waals surface area contributed by atoms with Crippen molar-refractivity contribution >= 4 is 11.8 Å². The van der Waals surface area contributed by atoms with Crippen molar-refractivity contribution in [2.24, 2.45) is 0 Å². The summed E-state index contributed by atoms with van der Waals surface area (Å²) in [4.78, 5) is 0. The van der Waals surface area contributed by atoms with Gasteiger partial charge in [0.05, 0.1) is 23.6 Å².